The molecule has 2 rings (SSSR count). The normalized spacial score (nSPS) is 10.4. The van der Waals surface area contributed by atoms with Gasteiger partial charge in [0.2, 0.25) is 0 Å². The Hall–Kier alpha value is -0.830. The lowest BCUT2D eigenvalue weighted by Gasteiger charge is -2.21. The SMILES string of the molecule is CCN(Cc1ccccc1)C(=O)c1cc(I)c(O)c(I)c1. The van der Waals surface area contributed by atoms with Crippen molar-refractivity contribution in [3.05, 3.63) is 60.7 Å². The number of phenolic OH excluding ortho intramolecular Hbond substituents is 1. The first-order chi connectivity index (χ1) is 10.0. The minimum Gasteiger partial charge on any atom is -0.506 e. The third-order valence-electron chi connectivity index (χ3n) is 3.15. The molecule has 3 nitrogen and oxygen atoms in total. The molecule has 0 aromatic heterocycles. The number of carbonyl (C=O) groups excluding carboxylic acids is 1. The van der Waals surface area contributed by atoms with Gasteiger partial charge in [0.1, 0.15) is 5.75 Å². The van der Waals surface area contributed by atoms with Gasteiger partial charge < -0.3 is 10.0 Å². The second kappa shape index (κ2) is 7.44. The molecule has 2 aromatic rings. The number of hydrogen-bond donors (Lipinski definition) is 1. The second-order valence-corrected chi connectivity index (χ2v) is 6.92. The molecule has 0 saturated heterocycles. The van der Waals surface area contributed by atoms with Crippen LogP contribution >= 0.6 is 45.2 Å². The van der Waals surface area contributed by atoms with E-state index in [0.29, 0.717) is 25.8 Å². The van der Waals surface area contributed by atoms with E-state index in [9.17, 15) is 9.90 Å². The highest BCUT2D eigenvalue weighted by atomic mass is 127. The largest absolute Gasteiger partial charge is 0.506 e. The van der Waals surface area contributed by atoms with Crippen molar-refractivity contribution >= 4 is 51.1 Å². The maximum atomic E-state index is 12.6. The molecule has 0 saturated carbocycles. The zero-order valence-corrected chi connectivity index (χ0v) is 15.8. The Bertz CT molecular complexity index is 621. The highest BCUT2D eigenvalue weighted by Gasteiger charge is 2.17. The Labute approximate surface area is 151 Å². The summed E-state index contributed by atoms with van der Waals surface area (Å²) in [7, 11) is 0. The van der Waals surface area contributed by atoms with E-state index in [4.69, 9.17) is 0 Å². The Kier molecular flexibility index (Phi) is 5.86. The lowest BCUT2D eigenvalue weighted by molar-refractivity contribution is 0.0752. The summed E-state index contributed by atoms with van der Waals surface area (Å²) >= 11 is 4.09. The maximum Gasteiger partial charge on any atom is 0.254 e. The van der Waals surface area contributed by atoms with Crippen LogP contribution in [0.2, 0.25) is 0 Å². The second-order valence-electron chi connectivity index (χ2n) is 4.59. The van der Waals surface area contributed by atoms with Gasteiger partial charge >= 0.3 is 0 Å². The van der Waals surface area contributed by atoms with Crippen LogP contribution in [0.15, 0.2) is 42.5 Å². The summed E-state index contributed by atoms with van der Waals surface area (Å²) in [6.45, 7) is 3.20. The number of carbonyl (C=O) groups is 1. The fourth-order valence-electron chi connectivity index (χ4n) is 2.00. The third-order valence-corrected chi connectivity index (χ3v) is 4.79. The number of halogens is 2. The van der Waals surface area contributed by atoms with Gasteiger partial charge in [-0.2, -0.15) is 0 Å². The van der Waals surface area contributed by atoms with Gasteiger partial charge in [0.05, 0.1) is 7.14 Å². The van der Waals surface area contributed by atoms with Crippen LogP contribution in [0.3, 0.4) is 0 Å². The summed E-state index contributed by atoms with van der Waals surface area (Å²) in [6.07, 6.45) is 0. The molecule has 5 heteroatoms. The van der Waals surface area contributed by atoms with Gasteiger partial charge in [-0.1, -0.05) is 30.3 Å². The molecule has 0 atom stereocenters. The average molecular weight is 507 g/mol. The molecule has 1 N–H and O–H groups in total. The number of nitrogens with zero attached hydrogens (tertiary/aromatic N) is 1. The quantitative estimate of drug-likeness (QED) is 0.629. The molecule has 0 radical (unpaired) electrons. The van der Waals surface area contributed by atoms with E-state index in [-0.39, 0.29) is 11.7 Å². The van der Waals surface area contributed by atoms with Gasteiger partial charge in [-0.3, -0.25) is 4.79 Å². The lowest BCUT2D eigenvalue weighted by atomic mass is 10.1. The lowest BCUT2D eigenvalue weighted by Crippen LogP contribution is -2.30. The van der Waals surface area contributed by atoms with Crippen molar-refractivity contribution in [3.8, 4) is 5.75 Å². The van der Waals surface area contributed by atoms with Crippen LogP contribution in [0.5, 0.6) is 5.75 Å². The zero-order chi connectivity index (χ0) is 15.4. The van der Waals surface area contributed by atoms with E-state index < -0.39 is 0 Å². The van der Waals surface area contributed by atoms with Crippen molar-refractivity contribution < 1.29 is 9.90 Å². The highest BCUT2D eigenvalue weighted by molar-refractivity contribution is 14.1. The molecule has 0 heterocycles. The Morgan fingerprint density at radius 3 is 2.24 bits per heavy atom. The van der Waals surface area contributed by atoms with E-state index >= 15 is 0 Å². The third kappa shape index (κ3) is 4.09. The molecular formula is C16H15I2NO2. The monoisotopic (exact) mass is 507 g/mol. The first kappa shape index (κ1) is 16.5. The molecule has 0 unspecified atom stereocenters. The molecule has 0 fully saturated rings. The summed E-state index contributed by atoms with van der Waals surface area (Å²) < 4.78 is 1.39. The minimum atomic E-state index is -0.0165. The smallest absolute Gasteiger partial charge is 0.254 e. The average Bonchev–Trinajstić information content (AvgIpc) is 2.50. The maximum absolute atomic E-state index is 12.6. The van der Waals surface area contributed by atoms with Gasteiger partial charge in [-0.05, 0) is 69.8 Å². The van der Waals surface area contributed by atoms with E-state index in [2.05, 4.69) is 0 Å². The fourth-order valence-corrected chi connectivity index (χ4v) is 3.77. The van der Waals surface area contributed by atoms with Crippen LogP contribution in [-0.2, 0) is 6.54 Å². The zero-order valence-electron chi connectivity index (χ0n) is 11.5. The van der Waals surface area contributed by atoms with Crippen molar-refractivity contribution in [1.82, 2.24) is 4.90 Å². The number of amides is 1. The number of rotatable bonds is 4. The van der Waals surface area contributed by atoms with Crippen molar-refractivity contribution in [2.45, 2.75) is 13.5 Å². The molecule has 0 aliphatic heterocycles. The van der Waals surface area contributed by atoms with Crippen molar-refractivity contribution in [3.63, 3.8) is 0 Å². The molecule has 0 aliphatic rings. The summed E-state index contributed by atoms with van der Waals surface area (Å²) in [4.78, 5) is 14.4. The number of hydrogen-bond acceptors (Lipinski definition) is 2. The van der Waals surface area contributed by atoms with E-state index in [1.165, 1.54) is 0 Å². The molecule has 2 aromatic carbocycles. The van der Waals surface area contributed by atoms with Gasteiger partial charge in [-0.25, -0.2) is 0 Å². The topological polar surface area (TPSA) is 40.5 Å². The number of benzene rings is 2. The van der Waals surface area contributed by atoms with Crippen molar-refractivity contribution in [2.75, 3.05) is 6.54 Å². The van der Waals surface area contributed by atoms with Crippen LogP contribution in [0, 0.1) is 7.14 Å². The Morgan fingerprint density at radius 1 is 1.14 bits per heavy atom. The standard InChI is InChI=1S/C16H15I2NO2/c1-2-19(10-11-6-4-3-5-7-11)16(21)12-8-13(17)15(20)14(18)9-12/h3-9,20H,2,10H2,1H3. The van der Waals surface area contributed by atoms with Gasteiger partial charge in [0.15, 0.2) is 0 Å². The van der Waals surface area contributed by atoms with Crippen molar-refractivity contribution in [1.29, 1.82) is 0 Å². The van der Waals surface area contributed by atoms with Crippen LogP contribution in [0.25, 0.3) is 0 Å². The van der Waals surface area contributed by atoms with Gasteiger partial charge in [0.25, 0.3) is 5.91 Å². The molecule has 0 bridgehead atoms. The number of aromatic hydroxyl groups is 1. The Morgan fingerprint density at radius 2 is 1.71 bits per heavy atom. The van der Waals surface area contributed by atoms with Gasteiger partial charge in [-0.15, -0.1) is 0 Å². The summed E-state index contributed by atoms with van der Waals surface area (Å²) in [5, 5.41) is 9.80. The predicted molar refractivity (Wildman–Crippen MR) is 100 cm³/mol. The van der Waals surface area contributed by atoms with E-state index in [1.807, 2.05) is 82.4 Å². The molecule has 21 heavy (non-hydrogen) atoms. The first-order valence-electron chi connectivity index (χ1n) is 6.54. The van der Waals surface area contributed by atoms with Crippen LogP contribution in [0.1, 0.15) is 22.8 Å². The van der Waals surface area contributed by atoms with Crippen molar-refractivity contribution in [2.24, 2.45) is 0 Å². The van der Waals surface area contributed by atoms with E-state index in [1.54, 1.807) is 17.0 Å². The molecule has 0 spiro atoms. The fraction of sp³-hybridized carbons (Fsp3) is 0.188. The molecule has 1 amide bonds. The Balaban J connectivity index is 2.24. The van der Waals surface area contributed by atoms with Crippen LogP contribution in [-0.4, -0.2) is 22.5 Å². The molecule has 110 valence electrons. The summed E-state index contributed by atoms with van der Waals surface area (Å²) in [5.74, 6) is 0.219. The number of phenols is 1. The van der Waals surface area contributed by atoms with Crippen LogP contribution < -0.4 is 0 Å². The predicted octanol–water partition coefficient (Wildman–Crippen LogP) is 4.26. The summed E-state index contributed by atoms with van der Waals surface area (Å²) in [5.41, 5.74) is 1.72. The first-order valence-corrected chi connectivity index (χ1v) is 8.70. The van der Waals surface area contributed by atoms with Gasteiger partial charge in [0, 0.05) is 18.7 Å². The summed E-state index contributed by atoms with van der Waals surface area (Å²) in [6, 6.07) is 13.4. The van der Waals surface area contributed by atoms with Crippen LogP contribution in [0.4, 0.5) is 0 Å². The minimum absolute atomic E-state index is 0.0165. The molecule has 0 aliphatic carbocycles. The molecular weight excluding hydrogens is 492 g/mol. The highest BCUT2D eigenvalue weighted by Crippen LogP contribution is 2.28. The van der Waals surface area contributed by atoms with E-state index in [0.717, 1.165) is 5.56 Å².